The molecule has 7 heteroatoms. The molecule has 2 aromatic heterocycles. The van der Waals surface area contributed by atoms with Crippen LogP contribution in [0.3, 0.4) is 0 Å². The number of nitrogens with zero attached hydrogens (tertiary/aromatic N) is 4. The largest absolute Gasteiger partial charge is 0.493 e. The number of hydrogen-bond donors (Lipinski definition) is 1. The van der Waals surface area contributed by atoms with Gasteiger partial charge < -0.3 is 14.6 Å². The van der Waals surface area contributed by atoms with Crippen LogP contribution >= 0.6 is 0 Å². The van der Waals surface area contributed by atoms with Crippen molar-refractivity contribution in [3.63, 3.8) is 0 Å². The van der Waals surface area contributed by atoms with Gasteiger partial charge >= 0.3 is 0 Å². The van der Waals surface area contributed by atoms with E-state index in [9.17, 15) is 5.11 Å². The van der Waals surface area contributed by atoms with Crippen LogP contribution in [0.5, 0.6) is 11.5 Å². The minimum Gasteiger partial charge on any atom is -0.493 e. The van der Waals surface area contributed by atoms with Gasteiger partial charge in [0.25, 0.3) is 0 Å². The normalized spacial score (nSPS) is 12.2. The van der Waals surface area contributed by atoms with Gasteiger partial charge in [0.1, 0.15) is 11.4 Å². The SMILES string of the molecule is CCC(O)c1cn(Cc2nccc(OC)c2OC)nn1. The van der Waals surface area contributed by atoms with Crippen LogP contribution in [-0.4, -0.2) is 39.3 Å². The Morgan fingerprint density at radius 2 is 2.15 bits per heavy atom. The van der Waals surface area contributed by atoms with Gasteiger partial charge in [0.2, 0.25) is 0 Å². The van der Waals surface area contributed by atoms with Crippen molar-refractivity contribution in [3.8, 4) is 11.5 Å². The molecule has 0 spiro atoms. The van der Waals surface area contributed by atoms with E-state index in [0.29, 0.717) is 35.9 Å². The maximum atomic E-state index is 9.72. The van der Waals surface area contributed by atoms with E-state index in [-0.39, 0.29) is 0 Å². The van der Waals surface area contributed by atoms with Gasteiger partial charge in [0, 0.05) is 12.3 Å². The fraction of sp³-hybridized carbons (Fsp3) is 0.462. The highest BCUT2D eigenvalue weighted by molar-refractivity contribution is 5.42. The first kappa shape index (κ1) is 14.3. The van der Waals surface area contributed by atoms with Crippen LogP contribution in [0.1, 0.15) is 30.8 Å². The Hall–Kier alpha value is -2.15. The molecule has 1 unspecified atom stereocenters. The zero-order valence-electron chi connectivity index (χ0n) is 11.8. The highest BCUT2D eigenvalue weighted by Gasteiger charge is 2.14. The van der Waals surface area contributed by atoms with E-state index in [2.05, 4.69) is 15.3 Å². The molecule has 0 amide bonds. The standard InChI is InChI=1S/C13H18N4O3/c1-4-11(18)9-7-17(16-15-9)8-10-13(20-3)12(19-2)5-6-14-10/h5-7,11,18H,4,8H2,1-3H3. The average molecular weight is 278 g/mol. The topological polar surface area (TPSA) is 82.3 Å². The van der Waals surface area contributed by atoms with Crippen LogP contribution in [0.25, 0.3) is 0 Å². The summed E-state index contributed by atoms with van der Waals surface area (Å²) in [4.78, 5) is 4.27. The fourth-order valence-electron chi connectivity index (χ4n) is 1.87. The van der Waals surface area contributed by atoms with Gasteiger partial charge in [0.15, 0.2) is 11.5 Å². The molecule has 2 rings (SSSR count). The second-order valence-electron chi connectivity index (χ2n) is 4.26. The molecule has 1 N–H and O–H groups in total. The Morgan fingerprint density at radius 3 is 2.80 bits per heavy atom. The third kappa shape index (κ3) is 2.88. The molecule has 0 aromatic carbocycles. The minimum absolute atomic E-state index is 0.393. The molecular formula is C13H18N4O3. The van der Waals surface area contributed by atoms with Crippen molar-refractivity contribution in [2.75, 3.05) is 14.2 Å². The molecule has 1 atom stereocenters. The second-order valence-corrected chi connectivity index (χ2v) is 4.26. The van der Waals surface area contributed by atoms with Gasteiger partial charge in [-0.3, -0.25) is 4.98 Å². The maximum absolute atomic E-state index is 9.72. The molecule has 2 aromatic rings. The minimum atomic E-state index is -0.594. The number of methoxy groups -OCH3 is 2. The van der Waals surface area contributed by atoms with Crippen molar-refractivity contribution in [1.29, 1.82) is 0 Å². The van der Waals surface area contributed by atoms with Crippen molar-refractivity contribution in [1.82, 2.24) is 20.0 Å². The Bertz CT molecular complexity index is 570. The van der Waals surface area contributed by atoms with Gasteiger partial charge in [-0.05, 0) is 6.42 Å². The zero-order chi connectivity index (χ0) is 14.5. The lowest BCUT2D eigenvalue weighted by Gasteiger charge is -2.11. The summed E-state index contributed by atoms with van der Waals surface area (Å²) in [6.07, 6.45) is 3.35. The van der Waals surface area contributed by atoms with Crippen LogP contribution < -0.4 is 9.47 Å². The molecule has 0 saturated heterocycles. The predicted molar refractivity (Wildman–Crippen MR) is 71.7 cm³/mol. The van der Waals surface area contributed by atoms with E-state index in [0.717, 1.165) is 0 Å². The van der Waals surface area contributed by atoms with E-state index in [1.165, 1.54) is 0 Å². The highest BCUT2D eigenvalue weighted by atomic mass is 16.5. The molecule has 108 valence electrons. The fourth-order valence-corrected chi connectivity index (χ4v) is 1.87. The van der Waals surface area contributed by atoms with Crippen molar-refractivity contribution >= 4 is 0 Å². The summed E-state index contributed by atoms with van der Waals surface area (Å²) in [6, 6.07) is 1.73. The number of aromatic nitrogens is 4. The van der Waals surface area contributed by atoms with Crippen LogP contribution in [0.4, 0.5) is 0 Å². The maximum Gasteiger partial charge on any atom is 0.184 e. The quantitative estimate of drug-likeness (QED) is 0.854. The molecule has 0 aliphatic rings. The molecule has 0 aliphatic heterocycles. The van der Waals surface area contributed by atoms with Crippen LogP contribution in [0, 0.1) is 0 Å². The first-order chi connectivity index (χ1) is 9.69. The van der Waals surface area contributed by atoms with E-state index in [1.807, 2.05) is 6.92 Å². The number of rotatable bonds is 6. The van der Waals surface area contributed by atoms with Gasteiger partial charge in [-0.15, -0.1) is 5.10 Å². The lowest BCUT2D eigenvalue weighted by molar-refractivity contribution is 0.168. The summed E-state index contributed by atoms with van der Waals surface area (Å²) in [6.45, 7) is 2.28. The number of aliphatic hydroxyl groups excluding tert-OH is 1. The Morgan fingerprint density at radius 1 is 1.35 bits per heavy atom. The van der Waals surface area contributed by atoms with Gasteiger partial charge in [-0.1, -0.05) is 12.1 Å². The van der Waals surface area contributed by atoms with Crippen LogP contribution in [0.15, 0.2) is 18.5 Å². The van der Waals surface area contributed by atoms with Gasteiger partial charge in [-0.25, -0.2) is 4.68 Å². The summed E-state index contributed by atoms with van der Waals surface area (Å²) >= 11 is 0. The average Bonchev–Trinajstić information content (AvgIpc) is 2.94. The third-order valence-electron chi connectivity index (χ3n) is 2.96. The number of aliphatic hydroxyl groups is 1. The summed E-state index contributed by atoms with van der Waals surface area (Å²) in [5, 5.41) is 17.6. The molecule has 20 heavy (non-hydrogen) atoms. The summed E-state index contributed by atoms with van der Waals surface area (Å²) < 4.78 is 12.2. The first-order valence-electron chi connectivity index (χ1n) is 6.33. The number of pyridine rings is 1. The van der Waals surface area contributed by atoms with Crippen molar-refractivity contribution in [2.24, 2.45) is 0 Å². The van der Waals surface area contributed by atoms with Gasteiger partial charge in [-0.2, -0.15) is 0 Å². The summed E-state index contributed by atoms with van der Waals surface area (Å²) in [5.74, 6) is 1.19. The molecule has 0 bridgehead atoms. The van der Waals surface area contributed by atoms with Crippen LogP contribution in [-0.2, 0) is 6.54 Å². The predicted octanol–water partition coefficient (Wildman–Crippen LogP) is 1.18. The first-order valence-corrected chi connectivity index (χ1v) is 6.33. The molecule has 0 fully saturated rings. The molecule has 0 saturated carbocycles. The molecule has 0 radical (unpaired) electrons. The third-order valence-corrected chi connectivity index (χ3v) is 2.96. The monoisotopic (exact) mass is 278 g/mol. The Balaban J connectivity index is 2.24. The second kappa shape index (κ2) is 6.33. The van der Waals surface area contributed by atoms with Crippen molar-refractivity contribution in [3.05, 3.63) is 29.8 Å². The molecule has 2 heterocycles. The number of hydrogen-bond acceptors (Lipinski definition) is 6. The van der Waals surface area contributed by atoms with Gasteiger partial charge in [0.05, 0.1) is 33.1 Å². The lowest BCUT2D eigenvalue weighted by Crippen LogP contribution is -2.06. The van der Waals surface area contributed by atoms with E-state index in [1.54, 1.807) is 37.4 Å². The Labute approximate surface area is 117 Å². The Kier molecular flexibility index (Phi) is 4.52. The highest BCUT2D eigenvalue weighted by Crippen LogP contribution is 2.29. The van der Waals surface area contributed by atoms with Crippen molar-refractivity contribution in [2.45, 2.75) is 26.0 Å². The number of ether oxygens (including phenoxy) is 2. The van der Waals surface area contributed by atoms with E-state index >= 15 is 0 Å². The zero-order valence-corrected chi connectivity index (χ0v) is 11.8. The molecule has 7 nitrogen and oxygen atoms in total. The van der Waals surface area contributed by atoms with E-state index < -0.39 is 6.10 Å². The van der Waals surface area contributed by atoms with E-state index in [4.69, 9.17) is 9.47 Å². The molecule has 0 aliphatic carbocycles. The van der Waals surface area contributed by atoms with Crippen molar-refractivity contribution < 1.29 is 14.6 Å². The lowest BCUT2D eigenvalue weighted by atomic mass is 10.2. The summed E-state index contributed by atoms with van der Waals surface area (Å²) in [5.41, 5.74) is 1.24. The van der Waals surface area contributed by atoms with Crippen LogP contribution in [0.2, 0.25) is 0 Å². The summed E-state index contributed by atoms with van der Waals surface area (Å²) in [7, 11) is 3.14. The molecular weight excluding hydrogens is 260 g/mol. The smallest absolute Gasteiger partial charge is 0.184 e.